The Hall–Kier alpha value is -2.54. The predicted octanol–water partition coefficient (Wildman–Crippen LogP) is 5.38. The third-order valence-electron chi connectivity index (χ3n) is 4.41. The molecule has 5 nitrogen and oxygen atoms in total. The number of sulfonamides is 1. The van der Waals surface area contributed by atoms with Gasteiger partial charge < -0.3 is 5.32 Å². The predicted molar refractivity (Wildman–Crippen MR) is 118 cm³/mol. The molecule has 1 amide bonds. The van der Waals surface area contributed by atoms with Gasteiger partial charge in [0.15, 0.2) is 0 Å². The zero-order chi connectivity index (χ0) is 21.2. The minimum absolute atomic E-state index is 0.127. The van der Waals surface area contributed by atoms with Crippen LogP contribution in [0.15, 0.2) is 71.6 Å². The maximum Gasteiger partial charge on any atom is 0.264 e. The molecule has 3 rings (SSSR count). The van der Waals surface area contributed by atoms with Crippen LogP contribution in [-0.4, -0.2) is 21.4 Å². The summed E-state index contributed by atoms with van der Waals surface area (Å²) in [5, 5.41) is 3.79. The molecule has 0 spiro atoms. The van der Waals surface area contributed by atoms with Gasteiger partial charge in [0, 0.05) is 28.3 Å². The van der Waals surface area contributed by atoms with Crippen molar-refractivity contribution in [3.63, 3.8) is 0 Å². The first-order valence-electron chi connectivity index (χ1n) is 8.60. The van der Waals surface area contributed by atoms with E-state index in [1.165, 1.54) is 31.3 Å². The van der Waals surface area contributed by atoms with Crippen molar-refractivity contribution in [2.75, 3.05) is 16.7 Å². The van der Waals surface area contributed by atoms with Crippen molar-refractivity contribution in [3.05, 3.63) is 87.9 Å². The molecule has 0 aliphatic carbocycles. The fraction of sp³-hybridized carbons (Fsp3) is 0.0952. The van der Waals surface area contributed by atoms with E-state index in [1.807, 2.05) is 13.0 Å². The Labute approximate surface area is 179 Å². The van der Waals surface area contributed by atoms with E-state index in [0.717, 1.165) is 9.87 Å². The zero-order valence-corrected chi connectivity index (χ0v) is 18.0. The van der Waals surface area contributed by atoms with Gasteiger partial charge in [-0.3, -0.25) is 9.10 Å². The number of rotatable bonds is 5. The van der Waals surface area contributed by atoms with Gasteiger partial charge >= 0.3 is 0 Å². The molecule has 0 saturated carbocycles. The zero-order valence-electron chi connectivity index (χ0n) is 15.7. The summed E-state index contributed by atoms with van der Waals surface area (Å²) in [6.07, 6.45) is 0. The van der Waals surface area contributed by atoms with Gasteiger partial charge in [-0.15, -0.1) is 0 Å². The lowest BCUT2D eigenvalue weighted by molar-refractivity contribution is 0.102. The van der Waals surface area contributed by atoms with E-state index in [0.29, 0.717) is 27.0 Å². The first kappa shape index (κ1) is 21.2. The first-order valence-corrected chi connectivity index (χ1v) is 10.8. The van der Waals surface area contributed by atoms with Crippen LogP contribution in [0.2, 0.25) is 10.0 Å². The molecule has 0 fully saturated rings. The number of nitrogens with one attached hydrogen (secondary N) is 1. The van der Waals surface area contributed by atoms with Crippen LogP contribution in [0, 0.1) is 6.92 Å². The van der Waals surface area contributed by atoms with Gasteiger partial charge in [-0.05, 0) is 73.2 Å². The Balaban J connectivity index is 1.79. The third-order valence-corrected chi connectivity index (χ3v) is 6.70. The number of hydrogen-bond donors (Lipinski definition) is 1. The molecule has 0 radical (unpaired) electrons. The van der Waals surface area contributed by atoms with Crippen LogP contribution in [-0.2, 0) is 10.0 Å². The van der Waals surface area contributed by atoms with Crippen molar-refractivity contribution in [2.45, 2.75) is 11.8 Å². The smallest absolute Gasteiger partial charge is 0.264 e. The number of nitrogens with zero attached hydrogens (tertiary/aromatic N) is 1. The van der Waals surface area contributed by atoms with Gasteiger partial charge in [-0.2, -0.15) is 0 Å². The topological polar surface area (TPSA) is 66.5 Å². The van der Waals surface area contributed by atoms with Crippen LogP contribution in [0.3, 0.4) is 0 Å². The molecule has 0 heterocycles. The highest BCUT2D eigenvalue weighted by Crippen LogP contribution is 2.25. The molecule has 0 aromatic heterocycles. The van der Waals surface area contributed by atoms with E-state index < -0.39 is 10.0 Å². The summed E-state index contributed by atoms with van der Waals surface area (Å²) in [5.41, 5.74) is 2.32. The third kappa shape index (κ3) is 4.72. The molecule has 3 aromatic rings. The summed E-state index contributed by atoms with van der Waals surface area (Å²) in [6, 6.07) is 17.5. The molecule has 0 aliphatic heterocycles. The Morgan fingerprint density at radius 2 is 1.48 bits per heavy atom. The highest BCUT2D eigenvalue weighted by molar-refractivity contribution is 7.92. The van der Waals surface area contributed by atoms with Crippen molar-refractivity contribution in [1.82, 2.24) is 0 Å². The number of hydrogen-bond acceptors (Lipinski definition) is 3. The molecular weight excluding hydrogens is 431 g/mol. The van der Waals surface area contributed by atoms with Crippen LogP contribution in [0.1, 0.15) is 15.9 Å². The van der Waals surface area contributed by atoms with Gasteiger partial charge in [0.05, 0.1) is 10.6 Å². The summed E-state index contributed by atoms with van der Waals surface area (Å²) >= 11 is 11.8. The fourth-order valence-electron chi connectivity index (χ4n) is 2.65. The van der Waals surface area contributed by atoms with Crippen molar-refractivity contribution < 1.29 is 13.2 Å². The second-order valence-corrected chi connectivity index (χ2v) is 9.23. The maximum absolute atomic E-state index is 12.8. The average Bonchev–Trinajstić information content (AvgIpc) is 2.70. The standard InChI is InChI=1S/C21H18Cl2N2O3S/c1-14-3-6-17(23)13-20(14)24-21(26)15-4-9-18(10-5-15)25(2)29(27,28)19-11-7-16(22)8-12-19/h3-13H,1-2H3,(H,24,26). The molecule has 8 heteroatoms. The van der Waals surface area contributed by atoms with E-state index in [9.17, 15) is 13.2 Å². The minimum atomic E-state index is -3.74. The molecule has 0 saturated heterocycles. The van der Waals surface area contributed by atoms with E-state index >= 15 is 0 Å². The minimum Gasteiger partial charge on any atom is -0.322 e. The van der Waals surface area contributed by atoms with Gasteiger partial charge in [-0.25, -0.2) is 8.42 Å². The molecular formula is C21H18Cl2N2O3S. The number of amides is 1. The lowest BCUT2D eigenvalue weighted by atomic mass is 10.1. The second kappa shape index (κ2) is 8.45. The quantitative estimate of drug-likeness (QED) is 0.569. The van der Waals surface area contributed by atoms with Crippen LogP contribution in [0.5, 0.6) is 0 Å². The molecule has 29 heavy (non-hydrogen) atoms. The molecule has 0 atom stereocenters. The summed E-state index contributed by atoms with van der Waals surface area (Å²) in [6.45, 7) is 1.87. The van der Waals surface area contributed by atoms with Crippen molar-refractivity contribution in [3.8, 4) is 0 Å². The number of carbonyl (C=O) groups excluding carboxylic acids is 1. The normalized spacial score (nSPS) is 11.2. The Bertz CT molecular complexity index is 1150. The highest BCUT2D eigenvalue weighted by atomic mass is 35.5. The number of carbonyl (C=O) groups is 1. The first-order chi connectivity index (χ1) is 13.7. The van der Waals surface area contributed by atoms with Crippen LogP contribution in [0.25, 0.3) is 0 Å². The van der Waals surface area contributed by atoms with Crippen LogP contribution in [0.4, 0.5) is 11.4 Å². The van der Waals surface area contributed by atoms with Gasteiger partial charge in [-0.1, -0.05) is 29.3 Å². The van der Waals surface area contributed by atoms with Crippen LogP contribution >= 0.6 is 23.2 Å². The van der Waals surface area contributed by atoms with Gasteiger partial charge in [0.2, 0.25) is 0 Å². The molecule has 150 valence electrons. The summed E-state index contributed by atoms with van der Waals surface area (Å²) < 4.78 is 26.7. The summed E-state index contributed by atoms with van der Waals surface area (Å²) in [7, 11) is -2.29. The number of halogens is 2. The maximum atomic E-state index is 12.8. The van der Waals surface area contributed by atoms with Gasteiger partial charge in [0.25, 0.3) is 15.9 Å². The van der Waals surface area contributed by atoms with E-state index in [4.69, 9.17) is 23.2 Å². The van der Waals surface area contributed by atoms with Crippen molar-refractivity contribution >= 4 is 50.5 Å². The highest BCUT2D eigenvalue weighted by Gasteiger charge is 2.21. The van der Waals surface area contributed by atoms with Crippen molar-refractivity contribution in [2.24, 2.45) is 0 Å². The van der Waals surface area contributed by atoms with Crippen molar-refractivity contribution in [1.29, 1.82) is 0 Å². The molecule has 3 aromatic carbocycles. The van der Waals surface area contributed by atoms with E-state index in [-0.39, 0.29) is 10.8 Å². The summed E-state index contributed by atoms with van der Waals surface area (Å²) in [5.74, 6) is -0.315. The van der Waals surface area contributed by atoms with E-state index in [1.54, 1.807) is 36.4 Å². The Kier molecular flexibility index (Phi) is 6.17. The fourth-order valence-corrected chi connectivity index (χ4v) is 4.14. The Morgan fingerprint density at radius 3 is 2.10 bits per heavy atom. The number of aryl methyl sites for hydroxylation is 1. The average molecular weight is 449 g/mol. The second-order valence-electron chi connectivity index (χ2n) is 6.39. The molecule has 0 bridgehead atoms. The Morgan fingerprint density at radius 1 is 0.897 bits per heavy atom. The molecule has 0 aliphatic rings. The lowest BCUT2D eigenvalue weighted by Crippen LogP contribution is -2.26. The monoisotopic (exact) mass is 448 g/mol. The molecule has 0 unspecified atom stereocenters. The SMILES string of the molecule is Cc1ccc(Cl)cc1NC(=O)c1ccc(N(C)S(=O)(=O)c2ccc(Cl)cc2)cc1. The largest absolute Gasteiger partial charge is 0.322 e. The van der Waals surface area contributed by atoms with Gasteiger partial charge in [0.1, 0.15) is 0 Å². The van der Waals surface area contributed by atoms with Crippen LogP contribution < -0.4 is 9.62 Å². The van der Waals surface area contributed by atoms with E-state index in [2.05, 4.69) is 5.32 Å². The number of benzene rings is 3. The number of anilines is 2. The lowest BCUT2D eigenvalue weighted by Gasteiger charge is -2.20. The molecule has 1 N–H and O–H groups in total. The summed E-state index contributed by atoms with van der Waals surface area (Å²) in [4.78, 5) is 12.6.